The molecule has 3 saturated carbocycles. The fourth-order valence-electron chi connectivity index (χ4n) is 9.07. The van der Waals surface area contributed by atoms with Crippen LogP contribution >= 0.6 is 0 Å². The Bertz CT molecular complexity index is 1810. The smallest absolute Gasteiger partial charge is 0.490 e. The number of aryl methyl sites for hydroxylation is 1. The molecule has 2 aromatic carbocycles. The van der Waals surface area contributed by atoms with Crippen LogP contribution in [0.4, 0.5) is 13.2 Å². The maximum Gasteiger partial charge on any atom is 0.490 e. The van der Waals surface area contributed by atoms with Crippen molar-refractivity contribution in [3.63, 3.8) is 0 Å². The second-order valence-corrected chi connectivity index (χ2v) is 20.2. The lowest BCUT2D eigenvalue weighted by Gasteiger charge is -2.62. The number of likely N-dealkylation sites (N-methyl/N-ethyl adjacent to an activating group) is 1. The van der Waals surface area contributed by atoms with E-state index in [4.69, 9.17) is 0 Å². The molecular formula is C41H59F3N4O6S. The summed E-state index contributed by atoms with van der Waals surface area (Å²) in [7, 11) is -2.10. The molecule has 1 aliphatic heterocycles. The number of hydrogen-bond donors (Lipinski definition) is 2. The van der Waals surface area contributed by atoms with Crippen LogP contribution < -0.4 is 5.32 Å². The highest BCUT2D eigenvalue weighted by Crippen LogP contribution is 2.61. The van der Waals surface area contributed by atoms with Gasteiger partial charge in [-0.25, -0.2) is 13.2 Å². The summed E-state index contributed by atoms with van der Waals surface area (Å²) in [5.41, 5.74) is 3.17. The Kier molecular flexibility index (Phi) is 12.8. The molecule has 0 spiro atoms. The van der Waals surface area contributed by atoms with Crippen LogP contribution in [0.15, 0.2) is 42.5 Å². The number of phenolic OH excluding ortho intramolecular Hbond substituents is 1. The number of sulfonamides is 1. The van der Waals surface area contributed by atoms with Crippen LogP contribution in [0.1, 0.15) is 89.5 Å². The Balaban J connectivity index is 1.36. The second kappa shape index (κ2) is 16.3. The van der Waals surface area contributed by atoms with Crippen LogP contribution in [0.2, 0.25) is 0 Å². The fourth-order valence-corrected chi connectivity index (χ4v) is 10.8. The van der Waals surface area contributed by atoms with E-state index in [0.29, 0.717) is 42.8 Å². The Hall–Kier alpha value is -3.20. The quantitative estimate of drug-likeness (QED) is 0.163. The molecule has 1 saturated heterocycles. The SMILES string of the molecule is Cc1ccc(CN(Cc2cccc(CN3C(C(=O)N[C@H]4C[C@H]5C[C@@H]([C@@H]4C)C5(C)C)CCS3(=O)=O)c2)[C@H](CN(C)COC(=O)C(F)(F)F)CC(C)(C)C)c(O)c1. The lowest BCUT2D eigenvalue weighted by Crippen LogP contribution is -2.61. The molecule has 3 aliphatic carbocycles. The number of carbonyl (C=O) groups excluding carboxylic acids is 2. The largest absolute Gasteiger partial charge is 0.508 e. The van der Waals surface area contributed by atoms with E-state index in [9.17, 15) is 36.3 Å². The zero-order valence-electron chi connectivity index (χ0n) is 33.4. The Morgan fingerprint density at radius 2 is 1.76 bits per heavy atom. The molecule has 1 heterocycles. The van der Waals surface area contributed by atoms with E-state index in [1.807, 2.05) is 43.3 Å². The van der Waals surface area contributed by atoms with Gasteiger partial charge in [0.15, 0.2) is 0 Å². The summed E-state index contributed by atoms with van der Waals surface area (Å²) in [6.45, 7) is 15.2. The van der Waals surface area contributed by atoms with Gasteiger partial charge in [-0.1, -0.05) is 77.9 Å². The van der Waals surface area contributed by atoms with Gasteiger partial charge >= 0.3 is 12.1 Å². The highest BCUT2D eigenvalue weighted by Gasteiger charge is 2.57. The number of aromatic hydroxyl groups is 1. The standard InChI is InChI=1S/C41H59F3N4O6S/c1-26-12-13-30(36(49)16-26)23-47(32(20-39(3,4)5)24-46(8)25-54-38(51)41(42,43)44)21-28-10-9-11-29(17-28)22-48-35(14-15-55(48,52)53)37(50)45-34-19-31-18-33(27(34)2)40(31,6)7/h9-13,16-17,27,31-35,49H,14-15,18-25H2,1-8H3,(H,45,50)/t27-,31+,32-,33-,34-,35?/m0/s1. The van der Waals surface area contributed by atoms with Gasteiger partial charge in [0.2, 0.25) is 15.9 Å². The van der Waals surface area contributed by atoms with E-state index < -0.39 is 34.9 Å². The van der Waals surface area contributed by atoms with Gasteiger partial charge in [-0.3, -0.25) is 14.6 Å². The highest BCUT2D eigenvalue weighted by atomic mass is 32.2. The molecule has 10 nitrogen and oxygen atoms in total. The van der Waals surface area contributed by atoms with Gasteiger partial charge < -0.3 is 15.2 Å². The van der Waals surface area contributed by atoms with E-state index in [0.717, 1.165) is 23.1 Å². The fraction of sp³-hybridized carbons (Fsp3) is 0.659. The van der Waals surface area contributed by atoms with Gasteiger partial charge in [-0.15, -0.1) is 0 Å². The van der Waals surface area contributed by atoms with Crippen LogP contribution in [0.25, 0.3) is 0 Å². The van der Waals surface area contributed by atoms with Crippen LogP contribution in [-0.4, -0.2) is 89.9 Å². The highest BCUT2D eigenvalue weighted by molar-refractivity contribution is 7.89. The molecule has 0 radical (unpaired) electrons. The maximum atomic E-state index is 13.7. The number of phenols is 1. The zero-order chi connectivity index (χ0) is 40.7. The zero-order valence-corrected chi connectivity index (χ0v) is 34.3. The first-order valence-corrected chi connectivity index (χ1v) is 20.9. The molecule has 6 rings (SSSR count). The van der Waals surface area contributed by atoms with E-state index >= 15 is 0 Å². The third-order valence-electron chi connectivity index (χ3n) is 12.2. The van der Waals surface area contributed by atoms with Crippen LogP contribution in [0.5, 0.6) is 5.75 Å². The number of ether oxygens (including phenoxy) is 1. The molecule has 4 fully saturated rings. The number of hydrogen-bond acceptors (Lipinski definition) is 8. The summed E-state index contributed by atoms with van der Waals surface area (Å²) in [4.78, 5) is 28.9. The summed E-state index contributed by atoms with van der Waals surface area (Å²) >= 11 is 0. The lowest BCUT2D eigenvalue weighted by atomic mass is 9.45. The van der Waals surface area contributed by atoms with Crippen LogP contribution in [0, 0.1) is 35.5 Å². The van der Waals surface area contributed by atoms with Crippen molar-refractivity contribution in [2.75, 3.05) is 26.1 Å². The number of esters is 1. The molecule has 306 valence electrons. The van der Waals surface area contributed by atoms with E-state index in [1.54, 1.807) is 13.1 Å². The summed E-state index contributed by atoms with van der Waals surface area (Å²) < 4.78 is 71.4. The molecule has 2 N–H and O–H groups in total. The van der Waals surface area contributed by atoms with E-state index in [1.165, 1.54) is 15.6 Å². The first-order chi connectivity index (χ1) is 25.4. The normalized spacial score (nSPS) is 25.4. The number of halogens is 3. The molecular weight excluding hydrogens is 734 g/mol. The summed E-state index contributed by atoms with van der Waals surface area (Å²) in [5, 5.41) is 14.1. The summed E-state index contributed by atoms with van der Waals surface area (Å²) in [5.74, 6) is -1.08. The molecule has 1 amide bonds. The number of fused-ring (bicyclic) bond motifs is 2. The minimum atomic E-state index is -5.10. The topological polar surface area (TPSA) is 119 Å². The van der Waals surface area contributed by atoms with Gasteiger partial charge in [0, 0.05) is 43.8 Å². The number of carbonyl (C=O) groups is 2. The Morgan fingerprint density at radius 1 is 1.07 bits per heavy atom. The molecule has 1 unspecified atom stereocenters. The van der Waals surface area contributed by atoms with Crippen molar-refractivity contribution < 1.29 is 41.0 Å². The average molecular weight is 793 g/mol. The minimum absolute atomic E-state index is 0.0217. The van der Waals surface area contributed by atoms with Gasteiger partial charge in [0.05, 0.1) is 5.75 Å². The van der Waals surface area contributed by atoms with E-state index in [2.05, 4.69) is 56.5 Å². The molecule has 4 aliphatic rings. The number of benzene rings is 2. The van der Waals surface area contributed by atoms with Gasteiger partial charge in [-0.2, -0.15) is 17.5 Å². The maximum absolute atomic E-state index is 13.7. The van der Waals surface area contributed by atoms with Gasteiger partial charge in [0.25, 0.3) is 0 Å². The lowest BCUT2D eigenvalue weighted by molar-refractivity contribution is -0.203. The van der Waals surface area contributed by atoms with Crippen molar-refractivity contribution in [2.45, 2.75) is 118 Å². The summed E-state index contributed by atoms with van der Waals surface area (Å²) in [6.07, 6.45) is -2.19. The predicted molar refractivity (Wildman–Crippen MR) is 205 cm³/mol. The number of nitrogens with zero attached hydrogens (tertiary/aromatic N) is 3. The molecule has 14 heteroatoms. The monoisotopic (exact) mass is 792 g/mol. The van der Waals surface area contributed by atoms with Crippen molar-refractivity contribution in [3.8, 4) is 5.75 Å². The molecule has 55 heavy (non-hydrogen) atoms. The van der Waals surface area contributed by atoms with Crippen molar-refractivity contribution in [1.29, 1.82) is 0 Å². The number of amides is 1. The van der Waals surface area contributed by atoms with Crippen molar-refractivity contribution in [3.05, 3.63) is 64.7 Å². The summed E-state index contributed by atoms with van der Waals surface area (Å²) in [6, 6.07) is 11.9. The van der Waals surface area contributed by atoms with Crippen molar-refractivity contribution >= 4 is 21.9 Å². The average Bonchev–Trinajstić information content (AvgIpc) is 3.37. The number of rotatable bonds is 14. The predicted octanol–water partition coefficient (Wildman–Crippen LogP) is 6.59. The van der Waals surface area contributed by atoms with Crippen molar-refractivity contribution in [2.24, 2.45) is 28.6 Å². The molecule has 2 aromatic rings. The minimum Gasteiger partial charge on any atom is -0.508 e. The number of nitrogens with one attached hydrogen (secondary N) is 1. The van der Waals surface area contributed by atoms with Crippen LogP contribution in [-0.2, 0) is 44.0 Å². The van der Waals surface area contributed by atoms with Crippen LogP contribution in [0.3, 0.4) is 0 Å². The molecule has 2 bridgehead atoms. The third kappa shape index (κ3) is 10.4. The molecule has 6 atom stereocenters. The van der Waals surface area contributed by atoms with Gasteiger partial charge in [0.1, 0.15) is 18.5 Å². The van der Waals surface area contributed by atoms with Gasteiger partial charge in [-0.05, 0) is 91.0 Å². The Morgan fingerprint density at radius 3 is 2.38 bits per heavy atom. The number of alkyl halides is 3. The first kappa shape index (κ1) is 42.9. The molecule has 0 aromatic heterocycles. The van der Waals surface area contributed by atoms with Crippen molar-refractivity contribution in [1.82, 2.24) is 19.4 Å². The first-order valence-electron chi connectivity index (χ1n) is 19.3. The Labute approximate surface area is 324 Å². The van der Waals surface area contributed by atoms with E-state index in [-0.39, 0.29) is 59.8 Å². The second-order valence-electron chi connectivity index (χ2n) is 18.1. The third-order valence-corrected chi connectivity index (χ3v) is 14.1.